The molecule has 0 aliphatic rings. The summed E-state index contributed by atoms with van der Waals surface area (Å²) < 4.78 is 0. The minimum absolute atomic E-state index is 0.110. The van der Waals surface area contributed by atoms with Gasteiger partial charge in [0.15, 0.2) is 0 Å². The Bertz CT molecular complexity index is 586. The number of rotatable bonds is 3. The number of benzene rings is 1. The predicted octanol–water partition coefficient (Wildman–Crippen LogP) is 1.76. The molecule has 0 unspecified atom stereocenters. The van der Waals surface area contributed by atoms with Crippen molar-refractivity contribution in [2.45, 2.75) is 13.0 Å². The van der Waals surface area contributed by atoms with Crippen LogP contribution in [0.25, 0.3) is 10.9 Å². The Labute approximate surface area is 98.9 Å². The van der Waals surface area contributed by atoms with Crippen LogP contribution in [0, 0.1) is 11.3 Å². The fraction of sp³-hybridized carbons (Fsp3) is 0.154. The first-order valence-corrected chi connectivity index (χ1v) is 5.27. The Morgan fingerprint density at radius 2 is 2.24 bits per heavy atom. The number of nitriles is 1. The maximum absolute atomic E-state index is 11.1. The first kappa shape index (κ1) is 11.1. The van der Waals surface area contributed by atoms with Crippen molar-refractivity contribution in [2.75, 3.05) is 0 Å². The van der Waals surface area contributed by atoms with Crippen molar-refractivity contribution in [1.29, 1.82) is 5.26 Å². The van der Waals surface area contributed by atoms with Gasteiger partial charge in [-0.1, -0.05) is 18.2 Å². The molecule has 0 aliphatic carbocycles. The quantitative estimate of drug-likeness (QED) is 0.865. The molecule has 1 aromatic carbocycles. The normalized spacial score (nSPS) is 9.82. The van der Waals surface area contributed by atoms with Crippen LogP contribution in [0.2, 0.25) is 0 Å². The molecule has 0 saturated carbocycles. The van der Waals surface area contributed by atoms with Gasteiger partial charge >= 0.3 is 0 Å². The summed E-state index contributed by atoms with van der Waals surface area (Å²) in [5.41, 5.74) is 1.86. The molecule has 0 fully saturated rings. The van der Waals surface area contributed by atoms with E-state index in [1.165, 1.54) is 0 Å². The number of fused-ring (bicyclic) bond motifs is 1. The van der Waals surface area contributed by atoms with Gasteiger partial charge in [0.25, 0.3) is 0 Å². The number of hydrogen-bond acceptors (Lipinski definition) is 3. The number of aromatic nitrogens is 1. The van der Waals surface area contributed by atoms with Gasteiger partial charge < -0.3 is 5.32 Å². The number of hydrogen-bond donors (Lipinski definition) is 1. The molecule has 0 aliphatic heterocycles. The summed E-state index contributed by atoms with van der Waals surface area (Å²) >= 11 is 0. The summed E-state index contributed by atoms with van der Waals surface area (Å²) in [5, 5.41) is 12.1. The van der Waals surface area contributed by atoms with Gasteiger partial charge in [-0.25, -0.2) is 0 Å². The molecule has 1 N–H and O–H groups in total. The predicted molar refractivity (Wildman–Crippen MR) is 63.8 cm³/mol. The van der Waals surface area contributed by atoms with Crippen LogP contribution in [0.1, 0.15) is 12.0 Å². The minimum Gasteiger partial charge on any atom is -0.351 e. The molecule has 17 heavy (non-hydrogen) atoms. The lowest BCUT2D eigenvalue weighted by Gasteiger charge is -2.04. The van der Waals surface area contributed by atoms with Gasteiger partial charge in [0.05, 0.1) is 11.6 Å². The van der Waals surface area contributed by atoms with Crippen molar-refractivity contribution in [3.63, 3.8) is 0 Å². The zero-order valence-electron chi connectivity index (χ0n) is 9.18. The zero-order valence-corrected chi connectivity index (χ0v) is 9.18. The lowest BCUT2D eigenvalue weighted by atomic mass is 10.1. The molecule has 4 nitrogen and oxygen atoms in total. The molecule has 1 amide bonds. The van der Waals surface area contributed by atoms with Crippen molar-refractivity contribution < 1.29 is 4.79 Å². The Hall–Kier alpha value is -2.41. The Morgan fingerprint density at radius 1 is 1.41 bits per heavy atom. The van der Waals surface area contributed by atoms with E-state index in [-0.39, 0.29) is 12.3 Å². The number of carbonyl (C=O) groups excluding carboxylic acids is 1. The van der Waals surface area contributed by atoms with Gasteiger partial charge in [-0.2, -0.15) is 5.26 Å². The topological polar surface area (TPSA) is 65.8 Å². The highest BCUT2D eigenvalue weighted by molar-refractivity contribution is 5.79. The van der Waals surface area contributed by atoms with Gasteiger partial charge in [0.1, 0.15) is 6.42 Å². The summed E-state index contributed by atoms with van der Waals surface area (Å²) in [4.78, 5) is 15.4. The molecule has 2 rings (SSSR count). The second kappa shape index (κ2) is 5.08. The highest BCUT2D eigenvalue weighted by Crippen LogP contribution is 2.12. The van der Waals surface area contributed by atoms with E-state index in [9.17, 15) is 4.79 Å². The van der Waals surface area contributed by atoms with Crippen LogP contribution in [0.5, 0.6) is 0 Å². The van der Waals surface area contributed by atoms with Crippen LogP contribution in [-0.4, -0.2) is 10.9 Å². The van der Waals surface area contributed by atoms with Crippen LogP contribution in [-0.2, 0) is 11.3 Å². The standard InChI is InChI=1S/C13H11N3O/c14-6-5-13(17)16-9-10-7-11-3-1-2-4-12(11)15-8-10/h1-4,7-8H,5,9H2,(H,16,17). The van der Waals surface area contributed by atoms with Gasteiger partial charge in [0.2, 0.25) is 5.91 Å². The van der Waals surface area contributed by atoms with E-state index in [2.05, 4.69) is 10.3 Å². The number of para-hydroxylation sites is 1. The van der Waals surface area contributed by atoms with Crippen molar-refractivity contribution >= 4 is 16.8 Å². The van der Waals surface area contributed by atoms with E-state index in [0.29, 0.717) is 6.54 Å². The summed E-state index contributed by atoms with van der Waals surface area (Å²) in [7, 11) is 0. The largest absolute Gasteiger partial charge is 0.351 e. The van der Waals surface area contributed by atoms with Crippen molar-refractivity contribution in [2.24, 2.45) is 0 Å². The Kier molecular flexibility index (Phi) is 3.31. The highest BCUT2D eigenvalue weighted by Gasteiger charge is 2.01. The Morgan fingerprint density at radius 3 is 3.06 bits per heavy atom. The van der Waals surface area contributed by atoms with Gasteiger partial charge in [-0.05, 0) is 17.7 Å². The van der Waals surface area contributed by atoms with Gasteiger partial charge in [0, 0.05) is 18.1 Å². The second-order valence-corrected chi connectivity index (χ2v) is 3.65. The van der Waals surface area contributed by atoms with Gasteiger partial charge in [-0.3, -0.25) is 9.78 Å². The monoisotopic (exact) mass is 225 g/mol. The second-order valence-electron chi connectivity index (χ2n) is 3.65. The summed E-state index contributed by atoms with van der Waals surface area (Å²) in [6.45, 7) is 0.401. The molecule has 84 valence electrons. The third-order valence-corrected chi connectivity index (χ3v) is 2.38. The molecule has 0 atom stereocenters. The number of amides is 1. The fourth-order valence-electron chi connectivity index (χ4n) is 1.55. The smallest absolute Gasteiger partial charge is 0.234 e. The lowest BCUT2D eigenvalue weighted by Crippen LogP contribution is -2.21. The van der Waals surface area contributed by atoms with Crippen LogP contribution in [0.15, 0.2) is 36.5 Å². The summed E-state index contributed by atoms with van der Waals surface area (Å²) in [5.74, 6) is -0.263. The molecule has 0 radical (unpaired) electrons. The van der Waals surface area contributed by atoms with Crippen LogP contribution < -0.4 is 5.32 Å². The molecule has 1 heterocycles. The third-order valence-electron chi connectivity index (χ3n) is 2.38. The number of nitrogens with zero attached hydrogens (tertiary/aromatic N) is 2. The van der Waals surface area contributed by atoms with Crippen LogP contribution >= 0.6 is 0 Å². The fourth-order valence-corrected chi connectivity index (χ4v) is 1.55. The minimum atomic E-state index is -0.263. The maximum Gasteiger partial charge on any atom is 0.234 e. The van der Waals surface area contributed by atoms with Gasteiger partial charge in [-0.15, -0.1) is 0 Å². The molecular weight excluding hydrogens is 214 g/mol. The van der Waals surface area contributed by atoms with Crippen LogP contribution in [0.3, 0.4) is 0 Å². The van der Waals surface area contributed by atoms with E-state index in [4.69, 9.17) is 5.26 Å². The van der Waals surface area contributed by atoms with E-state index in [1.54, 1.807) is 12.3 Å². The molecule has 2 aromatic rings. The molecule has 0 spiro atoms. The van der Waals surface area contributed by atoms with Crippen LogP contribution in [0.4, 0.5) is 0 Å². The van der Waals surface area contributed by atoms with E-state index < -0.39 is 0 Å². The van der Waals surface area contributed by atoms with E-state index >= 15 is 0 Å². The SMILES string of the molecule is N#CCC(=O)NCc1cnc2ccccc2c1. The van der Waals surface area contributed by atoms with Crippen molar-refractivity contribution in [3.05, 3.63) is 42.1 Å². The average Bonchev–Trinajstić information content (AvgIpc) is 2.36. The lowest BCUT2D eigenvalue weighted by molar-refractivity contribution is -0.120. The molecular formula is C13H11N3O. The highest BCUT2D eigenvalue weighted by atomic mass is 16.1. The van der Waals surface area contributed by atoms with E-state index in [1.807, 2.05) is 30.3 Å². The molecule has 0 bridgehead atoms. The Balaban J connectivity index is 2.10. The number of carbonyl (C=O) groups is 1. The first-order valence-electron chi connectivity index (χ1n) is 5.27. The molecule has 0 saturated heterocycles. The summed E-state index contributed by atoms with van der Waals surface area (Å²) in [6.07, 6.45) is 1.62. The van der Waals surface area contributed by atoms with Crippen molar-refractivity contribution in [3.8, 4) is 6.07 Å². The number of nitrogens with one attached hydrogen (secondary N) is 1. The number of pyridine rings is 1. The third kappa shape index (κ3) is 2.79. The first-order chi connectivity index (χ1) is 8.29. The van der Waals surface area contributed by atoms with Crippen molar-refractivity contribution in [1.82, 2.24) is 10.3 Å². The average molecular weight is 225 g/mol. The summed E-state index contributed by atoms with van der Waals surface area (Å²) in [6, 6.07) is 11.6. The van der Waals surface area contributed by atoms with E-state index in [0.717, 1.165) is 16.5 Å². The maximum atomic E-state index is 11.1. The molecule has 4 heteroatoms. The molecule has 1 aromatic heterocycles. The zero-order chi connectivity index (χ0) is 12.1.